The topological polar surface area (TPSA) is 95.9 Å². The molecule has 1 aromatic rings. The lowest BCUT2D eigenvalue weighted by Crippen LogP contribution is -2.42. The second-order valence-electron chi connectivity index (χ2n) is 6.62. The van der Waals surface area contributed by atoms with Crippen LogP contribution in [0.4, 0.5) is 13.2 Å². The molecule has 9 heteroatoms. The number of aliphatic hydroxyl groups excluding tert-OH is 1. The number of nitrogens with one attached hydrogen (secondary N) is 1. The van der Waals surface area contributed by atoms with Crippen LogP contribution in [0.15, 0.2) is 30.3 Å². The standard InChI is InChI=1S/C16H21NO3.C2HF3O2/c18-10-15(11-4-2-1-3-5-11)16(19)20-14-8-12-6-7-13(9-14)17-12;3-2(4,5)1(6)7/h1-5,12-15,17-18H,6-10H2;(H,6,7)/t12-,13+,14?,15-;/m1./s1. The Bertz CT molecular complexity index is 626. The maximum Gasteiger partial charge on any atom is 0.490 e. The van der Waals surface area contributed by atoms with Crippen molar-refractivity contribution >= 4 is 11.9 Å². The van der Waals surface area contributed by atoms with Crippen LogP contribution in [0.25, 0.3) is 0 Å². The Labute approximate surface area is 154 Å². The van der Waals surface area contributed by atoms with Gasteiger partial charge in [-0.05, 0) is 31.2 Å². The largest absolute Gasteiger partial charge is 0.490 e. The summed E-state index contributed by atoms with van der Waals surface area (Å²) in [4.78, 5) is 21.2. The number of carbonyl (C=O) groups excluding carboxylic acids is 1. The fraction of sp³-hybridized carbons (Fsp3) is 0.556. The minimum absolute atomic E-state index is 0.000915. The van der Waals surface area contributed by atoms with Gasteiger partial charge in [0.2, 0.25) is 0 Å². The van der Waals surface area contributed by atoms with Gasteiger partial charge in [-0.15, -0.1) is 0 Å². The van der Waals surface area contributed by atoms with Gasteiger partial charge >= 0.3 is 18.1 Å². The van der Waals surface area contributed by atoms with Gasteiger partial charge in [0.25, 0.3) is 0 Å². The SMILES string of the molecule is O=C(O)C(F)(F)F.O=C(OC1C[C@H]2CC[C@@H](C1)N2)[C@H](CO)c1ccccc1. The number of carboxylic acid groups (broad SMARTS) is 1. The Morgan fingerprint density at radius 1 is 1.15 bits per heavy atom. The molecule has 2 heterocycles. The molecule has 2 aliphatic rings. The van der Waals surface area contributed by atoms with Crippen LogP contribution >= 0.6 is 0 Å². The summed E-state index contributed by atoms with van der Waals surface area (Å²) in [5.41, 5.74) is 0.817. The molecular weight excluding hydrogens is 367 g/mol. The van der Waals surface area contributed by atoms with Crippen LogP contribution in [0.5, 0.6) is 0 Å². The van der Waals surface area contributed by atoms with Crippen LogP contribution in [0.1, 0.15) is 37.2 Å². The van der Waals surface area contributed by atoms with Gasteiger partial charge in [-0.2, -0.15) is 13.2 Å². The molecule has 2 aliphatic heterocycles. The fourth-order valence-electron chi connectivity index (χ4n) is 3.35. The Morgan fingerprint density at radius 2 is 1.67 bits per heavy atom. The highest BCUT2D eigenvalue weighted by atomic mass is 19.4. The van der Waals surface area contributed by atoms with E-state index in [-0.39, 0.29) is 18.7 Å². The maximum atomic E-state index is 12.3. The Morgan fingerprint density at radius 3 is 2.11 bits per heavy atom. The van der Waals surface area contributed by atoms with Crippen molar-refractivity contribution in [2.24, 2.45) is 0 Å². The normalized spacial score (nSPS) is 25.1. The second-order valence-corrected chi connectivity index (χ2v) is 6.62. The van der Waals surface area contributed by atoms with Crippen molar-refractivity contribution in [1.29, 1.82) is 0 Å². The first-order chi connectivity index (χ1) is 12.7. The van der Waals surface area contributed by atoms with Gasteiger partial charge in [0.1, 0.15) is 12.0 Å². The predicted molar refractivity (Wildman–Crippen MR) is 89.0 cm³/mol. The molecule has 0 aromatic heterocycles. The van der Waals surface area contributed by atoms with Gasteiger partial charge in [0.05, 0.1) is 6.61 Å². The lowest BCUT2D eigenvalue weighted by atomic mass is 9.99. The van der Waals surface area contributed by atoms with Crippen molar-refractivity contribution in [2.75, 3.05) is 6.61 Å². The molecule has 0 spiro atoms. The summed E-state index contributed by atoms with van der Waals surface area (Å²) in [5.74, 6) is -3.62. The van der Waals surface area contributed by atoms with E-state index in [1.807, 2.05) is 30.3 Å². The first-order valence-electron chi connectivity index (χ1n) is 8.63. The van der Waals surface area contributed by atoms with Crippen LogP contribution in [0.2, 0.25) is 0 Å². The Kier molecular flexibility index (Phi) is 7.20. The van der Waals surface area contributed by atoms with E-state index in [4.69, 9.17) is 14.6 Å². The first kappa shape index (κ1) is 21.2. The van der Waals surface area contributed by atoms with E-state index in [0.29, 0.717) is 12.1 Å². The van der Waals surface area contributed by atoms with Crippen molar-refractivity contribution in [1.82, 2.24) is 5.32 Å². The third-order valence-corrected chi connectivity index (χ3v) is 4.62. The molecule has 2 bridgehead atoms. The van der Waals surface area contributed by atoms with Crippen LogP contribution in [0, 0.1) is 0 Å². The van der Waals surface area contributed by atoms with E-state index < -0.39 is 18.1 Å². The zero-order chi connectivity index (χ0) is 20.0. The molecule has 0 aliphatic carbocycles. The van der Waals surface area contributed by atoms with Gasteiger partial charge in [0, 0.05) is 12.1 Å². The molecule has 1 aromatic carbocycles. The van der Waals surface area contributed by atoms with Gasteiger partial charge in [-0.1, -0.05) is 30.3 Å². The number of piperidine rings is 1. The third-order valence-electron chi connectivity index (χ3n) is 4.62. The number of rotatable bonds is 4. The van der Waals surface area contributed by atoms with E-state index in [1.54, 1.807) is 0 Å². The van der Waals surface area contributed by atoms with Crippen LogP contribution in [-0.4, -0.2) is 53.1 Å². The monoisotopic (exact) mass is 389 g/mol. The van der Waals surface area contributed by atoms with Crippen LogP contribution in [0.3, 0.4) is 0 Å². The van der Waals surface area contributed by atoms with Gasteiger partial charge in [-0.3, -0.25) is 4.79 Å². The number of ether oxygens (including phenoxy) is 1. The number of aliphatic carboxylic acids is 1. The molecule has 150 valence electrons. The lowest BCUT2D eigenvalue weighted by molar-refractivity contribution is -0.192. The van der Waals surface area contributed by atoms with E-state index in [2.05, 4.69) is 5.32 Å². The Balaban J connectivity index is 0.000000321. The predicted octanol–water partition coefficient (Wildman–Crippen LogP) is 2.22. The molecule has 27 heavy (non-hydrogen) atoms. The number of hydrogen-bond acceptors (Lipinski definition) is 5. The third kappa shape index (κ3) is 6.21. The lowest BCUT2D eigenvalue weighted by Gasteiger charge is -2.29. The Hall–Kier alpha value is -2.13. The molecule has 4 atom stereocenters. The molecule has 0 amide bonds. The number of esters is 1. The average Bonchev–Trinajstić information content (AvgIpc) is 2.94. The van der Waals surface area contributed by atoms with Gasteiger partial charge < -0.3 is 20.3 Å². The van der Waals surface area contributed by atoms with E-state index >= 15 is 0 Å². The van der Waals surface area contributed by atoms with Crippen molar-refractivity contribution in [3.8, 4) is 0 Å². The molecule has 6 nitrogen and oxygen atoms in total. The number of carbonyl (C=O) groups is 2. The summed E-state index contributed by atoms with van der Waals surface area (Å²) < 4.78 is 37.4. The molecule has 3 rings (SSSR count). The van der Waals surface area contributed by atoms with Crippen molar-refractivity contribution in [3.05, 3.63) is 35.9 Å². The summed E-state index contributed by atoms with van der Waals surface area (Å²) in [6.07, 6.45) is -0.925. The smallest absolute Gasteiger partial charge is 0.475 e. The molecular formula is C18H22F3NO5. The van der Waals surface area contributed by atoms with E-state index in [0.717, 1.165) is 18.4 Å². The highest BCUT2D eigenvalue weighted by Gasteiger charge is 2.38. The number of hydrogen-bond donors (Lipinski definition) is 3. The minimum Gasteiger partial charge on any atom is -0.475 e. The van der Waals surface area contributed by atoms with E-state index in [9.17, 15) is 23.1 Å². The molecule has 0 saturated carbocycles. The molecule has 2 saturated heterocycles. The summed E-state index contributed by atoms with van der Waals surface area (Å²) in [6.45, 7) is -0.208. The van der Waals surface area contributed by atoms with Gasteiger partial charge in [0.15, 0.2) is 0 Å². The molecule has 3 N–H and O–H groups in total. The van der Waals surface area contributed by atoms with E-state index in [1.165, 1.54) is 12.8 Å². The summed E-state index contributed by atoms with van der Waals surface area (Å²) >= 11 is 0. The zero-order valence-electron chi connectivity index (χ0n) is 14.5. The molecule has 0 radical (unpaired) electrons. The number of halogens is 3. The highest BCUT2D eigenvalue weighted by molar-refractivity contribution is 5.78. The number of alkyl halides is 3. The first-order valence-corrected chi connectivity index (χ1v) is 8.63. The van der Waals surface area contributed by atoms with Crippen molar-refractivity contribution in [3.63, 3.8) is 0 Å². The second kappa shape index (κ2) is 9.18. The maximum absolute atomic E-state index is 12.3. The highest BCUT2D eigenvalue weighted by Crippen LogP contribution is 2.29. The molecule has 1 unspecified atom stereocenters. The zero-order valence-corrected chi connectivity index (χ0v) is 14.5. The number of fused-ring (bicyclic) bond motifs is 2. The molecule has 2 fully saturated rings. The summed E-state index contributed by atoms with van der Waals surface area (Å²) in [6, 6.07) is 10.3. The minimum atomic E-state index is -5.08. The van der Waals surface area contributed by atoms with Gasteiger partial charge in [-0.25, -0.2) is 4.79 Å². The summed E-state index contributed by atoms with van der Waals surface area (Å²) in [5, 5.41) is 20.1. The number of benzene rings is 1. The quantitative estimate of drug-likeness (QED) is 0.684. The fourth-order valence-corrected chi connectivity index (χ4v) is 3.35. The summed E-state index contributed by atoms with van der Waals surface area (Å²) in [7, 11) is 0. The number of aliphatic hydroxyl groups is 1. The van der Waals surface area contributed by atoms with Crippen LogP contribution < -0.4 is 5.32 Å². The number of carboxylic acids is 1. The van der Waals surface area contributed by atoms with Crippen molar-refractivity contribution in [2.45, 2.75) is 56.0 Å². The average molecular weight is 389 g/mol. The van der Waals surface area contributed by atoms with Crippen molar-refractivity contribution < 1.29 is 37.7 Å². The van der Waals surface area contributed by atoms with Crippen LogP contribution in [-0.2, 0) is 14.3 Å².